The van der Waals surface area contributed by atoms with Crippen molar-refractivity contribution in [1.82, 2.24) is 4.90 Å². The summed E-state index contributed by atoms with van der Waals surface area (Å²) in [5, 5.41) is 0. The van der Waals surface area contributed by atoms with Gasteiger partial charge in [-0.05, 0) is 56.2 Å². The van der Waals surface area contributed by atoms with Gasteiger partial charge in [-0.3, -0.25) is 0 Å². The molecule has 2 aromatic carbocycles. The fourth-order valence-electron chi connectivity index (χ4n) is 4.89. The molecule has 2 aliphatic rings. The van der Waals surface area contributed by atoms with Crippen LogP contribution in [0.3, 0.4) is 0 Å². The van der Waals surface area contributed by atoms with E-state index in [0.29, 0.717) is 5.92 Å². The van der Waals surface area contributed by atoms with Crippen molar-refractivity contribution in [2.75, 3.05) is 7.05 Å². The van der Waals surface area contributed by atoms with Crippen molar-refractivity contribution in [1.29, 1.82) is 0 Å². The van der Waals surface area contributed by atoms with Crippen LogP contribution in [0.15, 0.2) is 60.7 Å². The second-order valence-corrected chi connectivity index (χ2v) is 7.50. The summed E-state index contributed by atoms with van der Waals surface area (Å²) in [6.45, 7) is 0. The van der Waals surface area contributed by atoms with Crippen molar-refractivity contribution in [3.8, 4) is 0 Å². The Kier molecular flexibility index (Phi) is 4.22. The molecule has 2 unspecified atom stereocenters. The molecule has 2 atom stereocenters. The summed E-state index contributed by atoms with van der Waals surface area (Å²) in [6.07, 6.45) is 6.92. The Bertz CT molecular complexity index is 567. The number of rotatable bonds is 4. The SMILES string of the molecule is CN1C2CCC1CC(CC(c1ccccc1)c1ccccc1)C2. The van der Waals surface area contributed by atoms with Crippen molar-refractivity contribution in [3.63, 3.8) is 0 Å². The van der Waals surface area contributed by atoms with Gasteiger partial charge in [0.25, 0.3) is 0 Å². The zero-order valence-corrected chi connectivity index (χ0v) is 14.1. The van der Waals surface area contributed by atoms with Gasteiger partial charge in [0, 0.05) is 18.0 Å². The molecule has 0 spiro atoms. The van der Waals surface area contributed by atoms with E-state index in [2.05, 4.69) is 72.6 Å². The molecular formula is C22H27N. The van der Waals surface area contributed by atoms with Gasteiger partial charge in [0.05, 0.1) is 0 Å². The molecule has 2 bridgehead atoms. The Morgan fingerprint density at radius 2 is 1.30 bits per heavy atom. The van der Waals surface area contributed by atoms with Crippen LogP contribution in [-0.2, 0) is 0 Å². The van der Waals surface area contributed by atoms with E-state index in [1.54, 1.807) is 0 Å². The Morgan fingerprint density at radius 3 is 1.78 bits per heavy atom. The molecule has 0 amide bonds. The molecule has 1 nitrogen and oxygen atoms in total. The fraction of sp³-hybridized carbons (Fsp3) is 0.455. The third kappa shape index (κ3) is 3.07. The van der Waals surface area contributed by atoms with Crippen molar-refractivity contribution in [3.05, 3.63) is 71.8 Å². The number of fused-ring (bicyclic) bond motifs is 2. The van der Waals surface area contributed by atoms with Crippen LogP contribution in [0.4, 0.5) is 0 Å². The first-order chi connectivity index (χ1) is 11.3. The van der Waals surface area contributed by atoms with Crippen LogP contribution in [0.1, 0.15) is 49.1 Å². The summed E-state index contributed by atoms with van der Waals surface area (Å²) in [4.78, 5) is 2.65. The van der Waals surface area contributed by atoms with Crippen LogP contribution in [0.5, 0.6) is 0 Å². The van der Waals surface area contributed by atoms with Gasteiger partial charge in [-0.2, -0.15) is 0 Å². The highest BCUT2D eigenvalue weighted by atomic mass is 15.2. The second kappa shape index (κ2) is 6.49. The normalized spacial score (nSPS) is 27.5. The number of hydrogen-bond donors (Lipinski definition) is 0. The zero-order chi connectivity index (χ0) is 15.6. The lowest BCUT2D eigenvalue weighted by Crippen LogP contribution is -2.40. The summed E-state index contributed by atoms with van der Waals surface area (Å²) in [7, 11) is 2.34. The molecule has 23 heavy (non-hydrogen) atoms. The van der Waals surface area contributed by atoms with Crippen molar-refractivity contribution < 1.29 is 0 Å². The molecule has 0 saturated carbocycles. The van der Waals surface area contributed by atoms with Gasteiger partial charge in [0.1, 0.15) is 0 Å². The van der Waals surface area contributed by atoms with Crippen LogP contribution in [0, 0.1) is 5.92 Å². The Balaban J connectivity index is 1.57. The van der Waals surface area contributed by atoms with Gasteiger partial charge in [0.15, 0.2) is 0 Å². The van der Waals surface area contributed by atoms with Crippen LogP contribution in [0.25, 0.3) is 0 Å². The molecule has 2 aromatic rings. The summed E-state index contributed by atoms with van der Waals surface area (Å²) < 4.78 is 0. The lowest BCUT2D eigenvalue weighted by atomic mass is 9.78. The third-order valence-electron chi connectivity index (χ3n) is 6.17. The molecule has 2 aliphatic heterocycles. The molecule has 0 aliphatic carbocycles. The topological polar surface area (TPSA) is 3.24 Å². The van der Waals surface area contributed by atoms with E-state index in [1.807, 2.05) is 0 Å². The molecule has 0 radical (unpaired) electrons. The van der Waals surface area contributed by atoms with E-state index in [9.17, 15) is 0 Å². The van der Waals surface area contributed by atoms with Gasteiger partial charge >= 0.3 is 0 Å². The highest BCUT2D eigenvalue weighted by Crippen LogP contribution is 2.42. The average Bonchev–Trinajstić information content (AvgIpc) is 2.83. The van der Waals surface area contributed by atoms with Crippen LogP contribution in [-0.4, -0.2) is 24.0 Å². The van der Waals surface area contributed by atoms with E-state index in [-0.39, 0.29) is 0 Å². The maximum Gasteiger partial charge on any atom is 0.00983 e. The maximum absolute atomic E-state index is 2.65. The second-order valence-electron chi connectivity index (χ2n) is 7.50. The highest BCUT2D eigenvalue weighted by molar-refractivity contribution is 5.32. The van der Waals surface area contributed by atoms with Gasteiger partial charge in [-0.25, -0.2) is 0 Å². The van der Waals surface area contributed by atoms with Crippen LogP contribution >= 0.6 is 0 Å². The van der Waals surface area contributed by atoms with E-state index in [1.165, 1.54) is 43.2 Å². The predicted molar refractivity (Wildman–Crippen MR) is 96.6 cm³/mol. The van der Waals surface area contributed by atoms with Gasteiger partial charge in [-0.1, -0.05) is 60.7 Å². The molecule has 2 heterocycles. The smallest absolute Gasteiger partial charge is 0.00983 e. The van der Waals surface area contributed by atoms with Crippen LogP contribution in [0.2, 0.25) is 0 Å². The van der Waals surface area contributed by atoms with Gasteiger partial charge < -0.3 is 4.90 Å². The van der Waals surface area contributed by atoms with E-state index in [0.717, 1.165) is 18.0 Å². The zero-order valence-electron chi connectivity index (χ0n) is 14.1. The Labute approximate surface area is 140 Å². The lowest BCUT2D eigenvalue weighted by molar-refractivity contribution is 0.127. The molecule has 1 heteroatoms. The van der Waals surface area contributed by atoms with Crippen molar-refractivity contribution in [2.45, 2.75) is 50.1 Å². The Hall–Kier alpha value is -1.60. The molecule has 2 saturated heterocycles. The summed E-state index contributed by atoms with van der Waals surface area (Å²) in [5.41, 5.74) is 2.95. The number of nitrogens with zero attached hydrogens (tertiary/aromatic N) is 1. The fourth-order valence-corrected chi connectivity index (χ4v) is 4.89. The molecular weight excluding hydrogens is 278 g/mol. The molecule has 0 N–H and O–H groups in total. The molecule has 0 aromatic heterocycles. The minimum Gasteiger partial charge on any atom is -0.300 e. The van der Waals surface area contributed by atoms with Crippen molar-refractivity contribution in [2.24, 2.45) is 5.92 Å². The van der Waals surface area contributed by atoms with E-state index < -0.39 is 0 Å². The molecule has 120 valence electrons. The quantitative estimate of drug-likeness (QED) is 0.761. The highest BCUT2D eigenvalue weighted by Gasteiger charge is 2.39. The van der Waals surface area contributed by atoms with Crippen molar-refractivity contribution >= 4 is 0 Å². The monoisotopic (exact) mass is 305 g/mol. The van der Waals surface area contributed by atoms with Gasteiger partial charge in [0.2, 0.25) is 0 Å². The number of hydrogen-bond acceptors (Lipinski definition) is 1. The minimum atomic E-state index is 0.546. The standard InChI is InChI=1S/C22H27N/c1-23-20-12-13-21(23)15-17(14-20)16-22(18-8-4-2-5-9-18)19-10-6-3-7-11-19/h2-11,17,20-22H,12-16H2,1H3. The minimum absolute atomic E-state index is 0.546. The average molecular weight is 305 g/mol. The summed E-state index contributed by atoms with van der Waals surface area (Å²) >= 11 is 0. The van der Waals surface area contributed by atoms with E-state index in [4.69, 9.17) is 0 Å². The maximum atomic E-state index is 2.65. The summed E-state index contributed by atoms with van der Waals surface area (Å²) in [6, 6.07) is 23.9. The first kappa shape index (κ1) is 15.0. The molecule has 2 fully saturated rings. The van der Waals surface area contributed by atoms with E-state index >= 15 is 0 Å². The number of piperidine rings is 1. The molecule has 4 rings (SSSR count). The first-order valence-electron chi connectivity index (χ1n) is 9.13. The number of benzene rings is 2. The predicted octanol–water partition coefficient (Wildman–Crippen LogP) is 5.08. The first-order valence-corrected chi connectivity index (χ1v) is 9.13. The lowest BCUT2D eigenvalue weighted by Gasteiger charge is -2.38. The third-order valence-corrected chi connectivity index (χ3v) is 6.17. The van der Waals surface area contributed by atoms with Gasteiger partial charge in [-0.15, -0.1) is 0 Å². The Morgan fingerprint density at radius 1 is 0.826 bits per heavy atom. The van der Waals surface area contributed by atoms with Crippen LogP contribution < -0.4 is 0 Å². The largest absolute Gasteiger partial charge is 0.300 e. The summed E-state index contributed by atoms with van der Waals surface area (Å²) in [5.74, 6) is 1.42.